The van der Waals surface area contributed by atoms with Gasteiger partial charge in [0.25, 0.3) is 11.8 Å². The van der Waals surface area contributed by atoms with Crippen LogP contribution in [-0.2, 0) is 9.63 Å². The molecule has 120 valence electrons. The summed E-state index contributed by atoms with van der Waals surface area (Å²) in [5.41, 5.74) is -0.0451. The van der Waals surface area contributed by atoms with Gasteiger partial charge in [0, 0.05) is 10.5 Å². The third-order valence-corrected chi connectivity index (χ3v) is 6.55. The number of fused-ring (bicyclic) bond motifs is 3. The first-order valence-corrected chi connectivity index (χ1v) is 8.78. The van der Waals surface area contributed by atoms with Crippen LogP contribution in [0, 0.1) is 5.41 Å². The number of amides is 2. The molecule has 0 aromatic heterocycles. The average Bonchev–Trinajstić information content (AvgIpc) is 3.00. The first-order chi connectivity index (χ1) is 11.0. The minimum atomic E-state index is -0.619. The Kier molecular flexibility index (Phi) is 3.27. The van der Waals surface area contributed by atoms with Crippen LogP contribution in [-0.4, -0.2) is 33.3 Å². The molecular weight excluding hydrogens is 314 g/mol. The predicted octanol–water partition coefficient (Wildman–Crippen LogP) is 2.81. The van der Waals surface area contributed by atoms with E-state index in [2.05, 4.69) is 0 Å². The highest BCUT2D eigenvalue weighted by Crippen LogP contribution is 2.51. The second-order valence-electron chi connectivity index (χ2n) is 6.76. The highest BCUT2D eigenvalue weighted by atomic mass is 32.2. The molecule has 3 aliphatic rings. The van der Waals surface area contributed by atoms with Gasteiger partial charge in [-0.3, -0.25) is 9.59 Å². The number of thioether (sulfide) groups is 1. The van der Waals surface area contributed by atoms with Crippen molar-refractivity contribution in [3.8, 4) is 0 Å². The summed E-state index contributed by atoms with van der Waals surface area (Å²) in [6, 6.07) is 6.52. The van der Waals surface area contributed by atoms with Crippen LogP contribution in [0.25, 0.3) is 0 Å². The third kappa shape index (κ3) is 2.27. The zero-order valence-electron chi connectivity index (χ0n) is 12.8. The van der Waals surface area contributed by atoms with Gasteiger partial charge < -0.3 is 4.84 Å². The van der Waals surface area contributed by atoms with Crippen LogP contribution in [0.5, 0.6) is 0 Å². The second-order valence-corrected chi connectivity index (χ2v) is 8.36. The van der Waals surface area contributed by atoms with Gasteiger partial charge >= 0.3 is 5.97 Å². The van der Waals surface area contributed by atoms with Gasteiger partial charge in [-0.1, -0.05) is 17.2 Å². The molecule has 2 unspecified atom stereocenters. The summed E-state index contributed by atoms with van der Waals surface area (Å²) in [6.45, 7) is 1.89. The van der Waals surface area contributed by atoms with Gasteiger partial charge in [-0.25, -0.2) is 4.79 Å². The number of hydrogen-bond donors (Lipinski definition) is 0. The summed E-state index contributed by atoms with van der Waals surface area (Å²) in [7, 11) is 0. The monoisotopic (exact) mass is 331 g/mol. The van der Waals surface area contributed by atoms with Crippen LogP contribution in [0.3, 0.4) is 0 Å². The zero-order valence-corrected chi connectivity index (χ0v) is 13.6. The van der Waals surface area contributed by atoms with E-state index in [4.69, 9.17) is 4.84 Å². The molecule has 0 spiro atoms. The maximum absolute atomic E-state index is 12.7. The van der Waals surface area contributed by atoms with Crippen molar-refractivity contribution < 1.29 is 19.2 Å². The van der Waals surface area contributed by atoms with E-state index in [9.17, 15) is 14.4 Å². The molecule has 1 aromatic rings. The van der Waals surface area contributed by atoms with E-state index in [0.29, 0.717) is 15.6 Å². The van der Waals surface area contributed by atoms with E-state index >= 15 is 0 Å². The molecule has 6 heteroatoms. The summed E-state index contributed by atoms with van der Waals surface area (Å²) < 4.78 is 0. The highest BCUT2D eigenvalue weighted by Gasteiger charge is 2.49. The summed E-state index contributed by atoms with van der Waals surface area (Å²) in [6.07, 6.45) is 3.75. The van der Waals surface area contributed by atoms with Crippen molar-refractivity contribution in [1.82, 2.24) is 5.06 Å². The third-order valence-electron chi connectivity index (χ3n) is 4.98. The first kappa shape index (κ1) is 14.8. The van der Waals surface area contributed by atoms with Crippen LogP contribution < -0.4 is 0 Å². The Morgan fingerprint density at radius 3 is 2.17 bits per heavy atom. The molecule has 23 heavy (non-hydrogen) atoms. The summed E-state index contributed by atoms with van der Waals surface area (Å²) in [4.78, 5) is 42.5. The summed E-state index contributed by atoms with van der Waals surface area (Å²) in [5, 5.41) is 1.59. The normalized spacial score (nSPS) is 32.1. The SMILES string of the molecule is CC1(C(=O)ON2C(=O)c3ccccc3C2=O)CC2CCC(C1)S2. The second kappa shape index (κ2) is 5.09. The van der Waals surface area contributed by atoms with Crippen LogP contribution in [0.4, 0.5) is 0 Å². The van der Waals surface area contributed by atoms with Crippen LogP contribution in [0.1, 0.15) is 53.3 Å². The minimum Gasteiger partial charge on any atom is -0.329 e. The molecule has 2 amide bonds. The Bertz CT molecular complexity index is 669. The number of imide groups is 1. The number of benzene rings is 1. The lowest BCUT2D eigenvalue weighted by Gasteiger charge is -2.35. The Balaban J connectivity index is 1.54. The van der Waals surface area contributed by atoms with Gasteiger partial charge in [0.1, 0.15) is 0 Å². The fourth-order valence-electron chi connectivity index (χ4n) is 3.78. The fraction of sp³-hybridized carbons (Fsp3) is 0.471. The zero-order chi connectivity index (χ0) is 16.2. The van der Waals surface area contributed by atoms with Crippen molar-refractivity contribution in [3.63, 3.8) is 0 Å². The van der Waals surface area contributed by atoms with E-state index < -0.39 is 23.2 Å². The number of hydrogen-bond acceptors (Lipinski definition) is 5. The van der Waals surface area contributed by atoms with E-state index in [-0.39, 0.29) is 11.1 Å². The van der Waals surface area contributed by atoms with E-state index in [1.54, 1.807) is 24.3 Å². The average molecular weight is 331 g/mol. The Morgan fingerprint density at radius 2 is 1.65 bits per heavy atom. The molecule has 2 saturated heterocycles. The molecule has 0 saturated carbocycles. The molecule has 1 aromatic carbocycles. The standard InChI is InChI=1S/C17H17NO4S/c1-17(8-10-6-7-11(9-17)23-10)16(21)22-18-14(19)12-4-2-3-5-13(12)15(18)20/h2-5,10-11H,6-9H2,1H3. The summed E-state index contributed by atoms with van der Waals surface area (Å²) >= 11 is 1.95. The molecule has 2 bridgehead atoms. The van der Waals surface area contributed by atoms with Gasteiger partial charge in [-0.15, -0.1) is 0 Å². The quantitative estimate of drug-likeness (QED) is 0.780. The molecule has 0 N–H and O–H groups in total. The molecular formula is C17H17NO4S. The molecule has 2 fully saturated rings. The number of hydroxylamine groups is 2. The largest absolute Gasteiger partial charge is 0.339 e. The fourth-order valence-corrected chi connectivity index (χ4v) is 5.80. The van der Waals surface area contributed by atoms with Gasteiger partial charge in [-0.2, -0.15) is 11.8 Å². The van der Waals surface area contributed by atoms with Crippen molar-refractivity contribution >= 4 is 29.5 Å². The Morgan fingerprint density at radius 1 is 1.13 bits per heavy atom. The molecule has 0 aliphatic carbocycles. The maximum Gasteiger partial charge on any atom is 0.339 e. The lowest BCUT2D eigenvalue weighted by atomic mass is 9.82. The molecule has 4 rings (SSSR count). The van der Waals surface area contributed by atoms with E-state index in [1.165, 1.54) is 0 Å². The Hall–Kier alpha value is -1.82. The molecule has 3 heterocycles. The number of rotatable bonds is 2. The minimum absolute atomic E-state index is 0.287. The van der Waals surface area contributed by atoms with Crippen LogP contribution in [0.2, 0.25) is 0 Å². The van der Waals surface area contributed by atoms with Crippen LogP contribution >= 0.6 is 11.8 Å². The van der Waals surface area contributed by atoms with Crippen LogP contribution in [0.15, 0.2) is 24.3 Å². The summed E-state index contributed by atoms with van der Waals surface area (Å²) in [5.74, 6) is -1.59. The van der Waals surface area contributed by atoms with Crippen molar-refractivity contribution in [2.75, 3.05) is 0 Å². The topological polar surface area (TPSA) is 63.7 Å². The molecule has 5 nitrogen and oxygen atoms in total. The van der Waals surface area contributed by atoms with Crippen molar-refractivity contribution in [3.05, 3.63) is 35.4 Å². The number of carbonyl (C=O) groups excluding carboxylic acids is 3. The predicted molar refractivity (Wildman–Crippen MR) is 84.8 cm³/mol. The van der Waals surface area contributed by atoms with Gasteiger partial charge in [-0.05, 0) is 44.7 Å². The number of nitrogens with zero attached hydrogens (tertiary/aromatic N) is 1. The first-order valence-electron chi connectivity index (χ1n) is 7.84. The lowest BCUT2D eigenvalue weighted by molar-refractivity contribution is -0.181. The molecule has 2 atom stereocenters. The van der Waals surface area contributed by atoms with Gasteiger partial charge in [0.05, 0.1) is 16.5 Å². The molecule has 0 radical (unpaired) electrons. The van der Waals surface area contributed by atoms with Gasteiger partial charge in [0.15, 0.2) is 0 Å². The van der Waals surface area contributed by atoms with Crippen molar-refractivity contribution in [2.24, 2.45) is 5.41 Å². The van der Waals surface area contributed by atoms with E-state index in [0.717, 1.165) is 25.7 Å². The maximum atomic E-state index is 12.7. The van der Waals surface area contributed by atoms with Gasteiger partial charge in [0.2, 0.25) is 0 Å². The Labute approximate surface area is 138 Å². The highest BCUT2D eigenvalue weighted by molar-refractivity contribution is 8.00. The van der Waals surface area contributed by atoms with E-state index in [1.807, 2.05) is 18.7 Å². The van der Waals surface area contributed by atoms with Crippen molar-refractivity contribution in [2.45, 2.75) is 43.1 Å². The van der Waals surface area contributed by atoms with Crippen molar-refractivity contribution in [1.29, 1.82) is 0 Å². The smallest absolute Gasteiger partial charge is 0.329 e. The molecule has 3 aliphatic heterocycles. The number of carbonyl (C=O) groups is 3. The lowest BCUT2D eigenvalue weighted by Crippen LogP contribution is -2.42.